The summed E-state index contributed by atoms with van der Waals surface area (Å²) in [7, 11) is 0. The second-order valence-corrected chi connectivity index (χ2v) is 7.08. The van der Waals surface area contributed by atoms with Crippen molar-refractivity contribution in [3.05, 3.63) is 22.4 Å². The van der Waals surface area contributed by atoms with E-state index >= 15 is 0 Å². The first-order valence-corrected chi connectivity index (χ1v) is 7.73. The lowest BCUT2D eigenvalue weighted by Gasteiger charge is -2.35. The van der Waals surface area contributed by atoms with Crippen LogP contribution in [0.1, 0.15) is 29.4 Å². The molecule has 2 aromatic heterocycles. The van der Waals surface area contributed by atoms with Crippen molar-refractivity contribution in [1.29, 1.82) is 0 Å². The number of likely N-dealkylation sites (tertiary alicyclic amines) is 1. The van der Waals surface area contributed by atoms with E-state index in [9.17, 15) is 9.90 Å². The molecule has 2 aromatic rings. The molecule has 0 bridgehead atoms. The maximum atomic E-state index is 12.3. The van der Waals surface area contributed by atoms with Gasteiger partial charge in [-0.1, -0.05) is 0 Å². The van der Waals surface area contributed by atoms with Crippen LogP contribution in [0.5, 0.6) is 0 Å². The van der Waals surface area contributed by atoms with Crippen molar-refractivity contribution >= 4 is 38.0 Å². The van der Waals surface area contributed by atoms with Crippen LogP contribution >= 0.6 is 22.7 Å². The number of rotatable bonds is 1. The molecule has 3 heterocycles. The van der Waals surface area contributed by atoms with Crippen molar-refractivity contribution in [1.82, 2.24) is 4.90 Å². The van der Waals surface area contributed by atoms with E-state index in [4.69, 9.17) is 0 Å². The molecule has 3 rings (SSSR count). The lowest BCUT2D eigenvalue weighted by Crippen LogP contribution is -2.44. The molecule has 0 aliphatic carbocycles. The molecule has 1 saturated heterocycles. The Bertz CT molecular complexity index is 546. The lowest BCUT2D eigenvalue weighted by atomic mass is 9.94. The number of fused-ring (bicyclic) bond motifs is 1. The van der Waals surface area contributed by atoms with Crippen molar-refractivity contribution in [2.75, 3.05) is 13.1 Å². The summed E-state index contributed by atoms with van der Waals surface area (Å²) in [5.41, 5.74) is -0.605. The molecule has 0 aromatic carbocycles. The fraction of sp³-hybridized carbons (Fsp3) is 0.462. The standard InChI is InChI=1S/C13H15NO2S2/c1-13(16)3-5-14(6-4-13)12(15)11-8-10-9(18-11)2-7-17-10/h2,7-8,16H,3-6H2,1H3. The van der Waals surface area contributed by atoms with Gasteiger partial charge in [-0.2, -0.15) is 0 Å². The molecule has 0 unspecified atom stereocenters. The summed E-state index contributed by atoms with van der Waals surface area (Å²) in [6.45, 7) is 3.14. The molecule has 0 radical (unpaired) electrons. The van der Waals surface area contributed by atoms with E-state index in [2.05, 4.69) is 6.07 Å². The van der Waals surface area contributed by atoms with Crippen LogP contribution in [0, 0.1) is 0 Å². The molecule has 1 amide bonds. The second kappa shape index (κ2) is 4.33. The largest absolute Gasteiger partial charge is 0.390 e. The van der Waals surface area contributed by atoms with Crippen molar-refractivity contribution in [3.63, 3.8) is 0 Å². The number of carbonyl (C=O) groups is 1. The Morgan fingerprint density at radius 2 is 2.11 bits per heavy atom. The van der Waals surface area contributed by atoms with Gasteiger partial charge in [-0.15, -0.1) is 22.7 Å². The highest BCUT2D eigenvalue weighted by atomic mass is 32.1. The minimum Gasteiger partial charge on any atom is -0.390 e. The number of thiophene rings is 2. The normalized spacial score (nSPS) is 19.3. The maximum Gasteiger partial charge on any atom is 0.263 e. The van der Waals surface area contributed by atoms with Gasteiger partial charge in [0.1, 0.15) is 0 Å². The summed E-state index contributed by atoms with van der Waals surface area (Å²) in [6, 6.07) is 4.04. The van der Waals surface area contributed by atoms with E-state index in [1.54, 1.807) is 22.7 Å². The molecule has 1 aliphatic heterocycles. The highest BCUT2D eigenvalue weighted by Crippen LogP contribution is 2.31. The Morgan fingerprint density at radius 3 is 2.78 bits per heavy atom. The van der Waals surface area contributed by atoms with Gasteiger partial charge in [0.25, 0.3) is 5.91 Å². The fourth-order valence-electron chi connectivity index (χ4n) is 2.22. The minimum atomic E-state index is -0.605. The van der Waals surface area contributed by atoms with E-state index < -0.39 is 5.60 Å². The summed E-state index contributed by atoms with van der Waals surface area (Å²) in [5, 5.41) is 11.9. The first kappa shape index (κ1) is 12.1. The summed E-state index contributed by atoms with van der Waals surface area (Å²) in [4.78, 5) is 15.0. The Balaban J connectivity index is 1.77. The molecule has 5 heteroatoms. The number of hydrogen-bond acceptors (Lipinski definition) is 4. The topological polar surface area (TPSA) is 40.5 Å². The van der Waals surface area contributed by atoms with E-state index in [-0.39, 0.29) is 5.91 Å². The summed E-state index contributed by atoms with van der Waals surface area (Å²) < 4.78 is 2.37. The third kappa shape index (κ3) is 2.18. The van der Waals surface area contributed by atoms with Gasteiger partial charge in [0, 0.05) is 22.5 Å². The predicted molar refractivity (Wildman–Crippen MR) is 75.5 cm³/mol. The molecule has 0 atom stereocenters. The van der Waals surface area contributed by atoms with Crippen LogP contribution in [-0.4, -0.2) is 34.6 Å². The number of nitrogens with zero attached hydrogens (tertiary/aromatic N) is 1. The van der Waals surface area contributed by atoms with Gasteiger partial charge < -0.3 is 10.0 Å². The van der Waals surface area contributed by atoms with Gasteiger partial charge in [-0.05, 0) is 37.3 Å². The zero-order valence-electron chi connectivity index (χ0n) is 10.2. The Labute approximate surface area is 114 Å². The second-order valence-electron chi connectivity index (χ2n) is 5.05. The van der Waals surface area contributed by atoms with Crippen LogP contribution in [0.2, 0.25) is 0 Å². The van der Waals surface area contributed by atoms with Crippen LogP contribution < -0.4 is 0 Å². The van der Waals surface area contributed by atoms with Crippen LogP contribution in [-0.2, 0) is 0 Å². The smallest absolute Gasteiger partial charge is 0.263 e. The Morgan fingerprint density at radius 1 is 1.39 bits per heavy atom. The average Bonchev–Trinajstić information content (AvgIpc) is 2.88. The van der Waals surface area contributed by atoms with Crippen molar-refractivity contribution in [2.24, 2.45) is 0 Å². The summed E-state index contributed by atoms with van der Waals surface area (Å²) >= 11 is 3.23. The Kier molecular flexibility index (Phi) is 2.92. The van der Waals surface area contributed by atoms with Gasteiger partial charge in [0.05, 0.1) is 10.5 Å². The predicted octanol–water partition coefficient (Wildman–Crippen LogP) is 2.95. The van der Waals surface area contributed by atoms with Crippen molar-refractivity contribution in [3.8, 4) is 0 Å². The Hall–Kier alpha value is -0.910. The SMILES string of the molecule is CC1(O)CCN(C(=O)c2cc3sccc3s2)CC1. The van der Waals surface area contributed by atoms with Gasteiger partial charge in [-0.25, -0.2) is 0 Å². The van der Waals surface area contributed by atoms with Gasteiger partial charge in [0.2, 0.25) is 0 Å². The van der Waals surface area contributed by atoms with Crippen LogP contribution in [0.4, 0.5) is 0 Å². The maximum absolute atomic E-state index is 12.3. The van der Waals surface area contributed by atoms with Gasteiger partial charge in [-0.3, -0.25) is 4.79 Å². The highest BCUT2D eigenvalue weighted by Gasteiger charge is 2.30. The molecule has 96 valence electrons. The van der Waals surface area contributed by atoms with Crippen LogP contribution in [0.3, 0.4) is 0 Å². The molecule has 18 heavy (non-hydrogen) atoms. The lowest BCUT2D eigenvalue weighted by molar-refractivity contribution is -0.00187. The van der Waals surface area contributed by atoms with Crippen LogP contribution in [0.25, 0.3) is 9.40 Å². The number of amides is 1. The van der Waals surface area contributed by atoms with Gasteiger partial charge in [0.15, 0.2) is 0 Å². The molecular formula is C13H15NO2S2. The first-order chi connectivity index (χ1) is 8.55. The number of hydrogen-bond donors (Lipinski definition) is 1. The quantitative estimate of drug-likeness (QED) is 0.873. The molecule has 1 aliphatic rings. The fourth-order valence-corrected chi connectivity index (χ4v) is 4.30. The molecule has 1 N–H and O–H groups in total. The summed E-state index contributed by atoms with van der Waals surface area (Å²) in [5.74, 6) is 0.110. The minimum absolute atomic E-state index is 0.110. The number of carbonyl (C=O) groups excluding carboxylic acids is 1. The van der Waals surface area contributed by atoms with E-state index in [1.807, 2.05) is 23.3 Å². The zero-order chi connectivity index (χ0) is 12.8. The molecular weight excluding hydrogens is 266 g/mol. The monoisotopic (exact) mass is 281 g/mol. The molecule has 0 spiro atoms. The summed E-state index contributed by atoms with van der Waals surface area (Å²) in [6.07, 6.45) is 1.33. The third-order valence-electron chi connectivity index (χ3n) is 3.48. The molecule has 1 fully saturated rings. The van der Waals surface area contributed by atoms with E-state index in [1.165, 1.54) is 9.40 Å². The highest BCUT2D eigenvalue weighted by molar-refractivity contribution is 7.27. The molecule has 0 saturated carbocycles. The van der Waals surface area contributed by atoms with Crippen LogP contribution in [0.15, 0.2) is 17.5 Å². The van der Waals surface area contributed by atoms with E-state index in [0.29, 0.717) is 25.9 Å². The van der Waals surface area contributed by atoms with E-state index in [0.717, 1.165) is 4.88 Å². The average molecular weight is 281 g/mol. The zero-order valence-corrected chi connectivity index (χ0v) is 11.8. The molecule has 3 nitrogen and oxygen atoms in total. The number of aliphatic hydroxyl groups is 1. The van der Waals surface area contributed by atoms with Crippen molar-refractivity contribution in [2.45, 2.75) is 25.4 Å². The first-order valence-electron chi connectivity index (χ1n) is 6.04. The number of piperidine rings is 1. The third-order valence-corrected chi connectivity index (χ3v) is 5.56. The van der Waals surface area contributed by atoms with Gasteiger partial charge >= 0.3 is 0 Å². The van der Waals surface area contributed by atoms with Crippen molar-refractivity contribution < 1.29 is 9.90 Å².